The maximum absolute atomic E-state index is 13.1. The topological polar surface area (TPSA) is 38.8 Å². The molecule has 4 nitrogen and oxygen atoms in total. The average Bonchev–Trinajstić information content (AvgIpc) is 2.69. The molecule has 2 aliphatic rings. The van der Waals surface area contributed by atoms with Gasteiger partial charge >= 0.3 is 0 Å². The van der Waals surface area contributed by atoms with Gasteiger partial charge in [0.05, 0.1) is 0 Å². The fourth-order valence-corrected chi connectivity index (χ4v) is 4.22. The molecule has 0 aliphatic carbocycles. The number of hydrogen-bond donors (Lipinski definition) is 0. The van der Waals surface area contributed by atoms with E-state index in [2.05, 4.69) is 35.2 Å². The van der Waals surface area contributed by atoms with E-state index in [-0.39, 0.29) is 5.91 Å². The van der Waals surface area contributed by atoms with Gasteiger partial charge in [-0.25, -0.2) is 0 Å². The number of carbonyl (C=O) groups is 1. The van der Waals surface area contributed by atoms with Crippen LogP contribution in [0.15, 0.2) is 30.3 Å². The van der Waals surface area contributed by atoms with Gasteiger partial charge in [-0.2, -0.15) is 0 Å². The second-order valence-corrected chi connectivity index (χ2v) is 7.45. The smallest absolute Gasteiger partial charge is 0.254 e. The van der Waals surface area contributed by atoms with Crippen LogP contribution in [-0.2, 0) is 20.7 Å². The first-order valence-corrected chi connectivity index (χ1v) is 9.70. The average molecular weight is 345 g/mol. The molecule has 1 aromatic carbocycles. The highest BCUT2D eigenvalue weighted by Crippen LogP contribution is 2.30. The zero-order valence-corrected chi connectivity index (χ0v) is 15.4. The molecule has 1 amide bonds. The van der Waals surface area contributed by atoms with Gasteiger partial charge in [0, 0.05) is 46.3 Å². The number of nitrogens with zero attached hydrogens (tertiary/aromatic N) is 1. The lowest BCUT2D eigenvalue weighted by Crippen LogP contribution is -2.55. The van der Waals surface area contributed by atoms with Crippen LogP contribution >= 0.6 is 0 Å². The number of likely N-dealkylation sites (tertiary alicyclic amines) is 1. The van der Waals surface area contributed by atoms with Gasteiger partial charge in [0.15, 0.2) is 5.60 Å². The van der Waals surface area contributed by atoms with Crippen molar-refractivity contribution in [3.63, 3.8) is 0 Å². The summed E-state index contributed by atoms with van der Waals surface area (Å²) >= 11 is 0. The van der Waals surface area contributed by atoms with Gasteiger partial charge in [-0.05, 0) is 43.6 Å². The minimum Gasteiger partial charge on any atom is -0.381 e. The highest BCUT2D eigenvalue weighted by molar-refractivity contribution is 5.85. The molecule has 0 bridgehead atoms. The van der Waals surface area contributed by atoms with Crippen LogP contribution in [0.2, 0.25) is 0 Å². The summed E-state index contributed by atoms with van der Waals surface area (Å²) in [5, 5.41) is 0. The largest absolute Gasteiger partial charge is 0.381 e. The zero-order valence-electron chi connectivity index (χ0n) is 15.4. The number of hydrogen-bond acceptors (Lipinski definition) is 3. The Kier molecular flexibility index (Phi) is 6.49. The molecule has 0 spiro atoms. The summed E-state index contributed by atoms with van der Waals surface area (Å²) in [5.41, 5.74) is 0.760. The van der Waals surface area contributed by atoms with Gasteiger partial charge < -0.3 is 14.4 Å². The van der Waals surface area contributed by atoms with Crippen LogP contribution in [0.3, 0.4) is 0 Å². The summed E-state index contributed by atoms with van der Waals surface area (Å²) in [6.07, 6.45) is 7.22. The van der Waals surface area contributed by atoms with E-state index < -0.39 is 5.60 Å². The standard InChI is InChI=1S/C21H31NO3/c1-24-21(12-15-25-16-13-21)20(23)22-14-6-11-19(17-22)10-5-9-18-7-3-2-4-8-18/h2-4,7-8,19H,5-6,9-17H2,1H3/t19-/m1/s1. The lowest BCUT2D eigenvalue weighted by molar-refractivity contribution is -0.168. The first-order chi connectivity index (χ1) is 12.2. The third-order valence-corrected chi connectivity index (χ3v) is 5.81. The molecule has 2 heterocycles. The van der Waals surface area contributed by atoms with Gasteiger partial charge in [-0.1, -0.05) is 30.3 Å². The monoisotopic (exact) mass is 345 g/mol. The van der Waals surface area contributed by atoms with E-state index in [1.807, 2.05) is 0 Å². The predicted molar refractivity (Wildman–Crippen MR) is 98.5 cm³/mol. The Labute approximate surface area is 151 Å². The number of carbonyl (C=O) groups excluding carboxylic acids is 1. The Bertz CT molecular complexity index is 539. The van der Waals surface area contributed by atoms with Crippen LogP contribution in [0.4, 0.5) is 0 Å². The molecule has 0 radical (unpaired) electrons. The van der Waals surface area contributed by atoms with Crippen molar-refractivity contribution < 1.29 is 14.3 Å². The minimum atomic E-state index is -0.649. The van der Waals surface area contributed by atoms with Crippen molar-refractivity contribution in [2.75, 3.05) is 33.4 Å². The molecule has 138 valence electrons. The van der Waals surface area contributed by atoms with Crippen LogP contribution in [-0.4, -0.2) is 49.8 Å². The van der Waals surface area contributed by atoms with Crippen molar-refractivity contribution in [1.29, 1.82) is 0 Å². The molecule has 0 aromatic heterocycles. The lowest BCUT2D eigenvalue weighted by Gasteiger charge is -2.41. The Hall–Kier alpha value is -1.39. The van der Waals surface area contributed by atoms with Crippen molar-refractivity contribution in [2.45, 2.75) is 50.5 Å². The summed E-state index contributed by atoms with van der Waals surface area (Å²) in [7, 11) is 1.67. The van der Waals surface area contributed by atoms with Crippen LogP contribution < -0.4 is 0 Å². The second kappa shape index (κ2) is 8.81. The van der Waals surface area contributed by atoms with Gasteiger partial charge in [0.2, 0.25) is 0 Å². The second-order valence-electron chi connectivity index (χ2n) is 7.45. The highest BCUT2D eigenvalue weighted by Gasteiger charge is 2.43. The van der Waals surface area contributed by atoms with E-state index in [1.54, 1.807) is 7.11 Å². The summed E-state index contributed by atoms with van der Waals surface area (Å²) in [4.78, 5) is 15.2. The number of rotatable bonds is 6. The number of piperidine rings is 1. The van der Waals surface area contributed by atoms with Gasteiger partial charge in [-0.15, -0.1) is 0 Å². The predicted octanol–water partition coefficient (Wildman–Crippen LogP) is 3.44. The third-order valence-electron chi connectivity index (χ3n) is 5.81. The molecule has 2 saturated heterocycles. The summed E-state index contributed by atoms with van der Waals surface area (Å²) in [6.45, 7) is 3.00. The number of methoxy groups -OCH3 is 1. The van der Waals surface area contributed by atoms with Gasteiger partial charge in [0.25, 0.3) is 5.91 Å². The van der Waals surface area contributed by atoms with Crippen molar-refractivity contribution in [3.05, 3.63) is 35.9 Å². The normalized spacial score (nSPS) is 23.4. The van der Waals surface area contributed by atoms with Crippen LogP contribution in [0.25, 0.3) is 0 Å². The van der Waals surface area contributed by atoms with E-state index in [0.717, 1.165) is 25.9 Å². The summed E-state index contributed by atoms with van der Waals surface area (Å²) in [5.74, 6) is 0.807. The van der Waals surface area contributed by atoms with Crippen molar-refractivity contribution in [3.8, 4) is 0 Å². The molecule has 2 fully saturated rings. The lowest BCUT2D eigenvalue weighted by atomic mass is 9.88. The molecule has 0 N–H and O–H groups in total. The molecular formula is C21H31NO3. The SMILES string of the molecule is COC1(C(=O)N2CCC[C@@H](CCCc3ccccc3)C2)CCOCC1. The van der Waals surface area contributed by atoms with Crippen LogP contribution in [0.1, 0.15) is 44.1 Å². The maximum atomic E-state index is 13.1. The van der Waals surface area contributed by atoms with Gasteiger partial charge in [0.1, 0.15) is 0 Å². The summed E-state index contributed by atoms with van der Waals surface area (Å²) in [6, 6.07) is 10.7. The molecule has 2 aliphatic heterocycles. The Balaban J connectivity index is 1.51. The van der Waals surface area contributed by atoms with E-state index in [0.29, 0.717) is 32.0 Å². The molecule has 4 heteroatoms. The fraction of sp³-hybridized carbons (Fsp3) is 0.667. The molecule has 0 unspecified atom stereocenters. The Morgan fingerprint density at radius 2 is 2.04 bits per heavy atom. The quantitative estimate of drug-likeness (QED) is 0.793. The first kappa shape index (κ1) is 18.4. The fourth-order valence-electron chi connectivity index (χ4n) is 4.22. The first-order valence-electron chi connectivity index (χ1n) is 9.70. The molecule has 1 aromatic rings. The number of amides is 1. The van der Waals surface area contributed by atoms with Crippen molar-refractivity contribution in [1.82, 2.24) is 4.90 Å². The molecule has 3 rings (SSSR count). The van der Waals surface area contributed by atoms with E-state index >= 15 is 0 Å². The van der Waals surface area contributed by atoms with Crippen molar-refractivity contribution in [2.24, 2.45) is 5.92 Å². The number of ether oxygens (including phenoxy) is 2. The van der Waals surface area contributed by atoms with E-state index in [1.165, 1.54) is 24.8 Å². The van der Waals surface area contributed by atoms with E-state index in [9.17, 15) is 4.79 Å². The van der Waals surface area contributed by atoms with Gasteiger partial charge in [-0.3, -0.25) is 4.79 Å². The summed E-state index contributed by atoms with van der Waals surface area (Å²) < 4.78 is 11.1. The highest BCUT2D eigenvalue weighted by atomic mass is 16.5. The molecule has 1 atom stereocenters. The molecular weight excluding hydrogens is 314 g/mol. The number of aryl methyl sites for hydroxylation is 1. The molecule has 25 heavy (non-hydrogen) atoms. The van der Waals surface area contributed by atoms with Crippen LogP contribution in [0, 0.1) is 5.92 Å². The van der Waals surface area contributed by atoms with Crippen LogP contribution in [0.5, 0.6) is 0 Å². The maximum Gasteiger partial charge on any atom is 0.254 e. The zero-order chi connectivity index (χ0) is 17.5. The Morgan fingerprint density at radius 1 is 1.28 bits per heavy atom. The third kappa shape index (κ3) is 4.62. The Morgan fingerprint density at radius 3 is 2.76 bits per heavy atom. The van der Waals surface area contributed by atoms with E-state index in [4.69, 9.17) is 9.47 Å². The molecule has 0 saturated carbocycles. The number of benzene rings is 1. The van der Waals surface area contributed by atoms with Crippen molar-refractivity contribution >= 4 is 5.91 Å². The minimum absolute atomic E-state index is 0.186.